The largest absolute Gasteiger partial charge is 0.352 e. The molecule has 4 heteroatoms. The molecule has 1 saturated carbocycles. The number of anilines is 1. The zero-order chi connectivity index (χ0) is 13.9. The van der Waals surface area contributed by atoms with Crippen LogP contribution in [0.25, 0.3) is 0 Å². The standard InChI is InChI=1S/C15H18N2O2/c1-3-11-16-13(18)15(9-10-15)14(19)17(2)12-7-5-4-6-8-12/h3-8H,1,9-11H2,2H3,(H,16,18). The number of para-hydroxylation sites is 1. The molecule has 100 valence electrons. The summed E-state index contributed by atoms with van der Waals surface area (Å²) in [5.41, 5.74) is -0.0663. The predicted molar refractivity (Wildman–Crippen MR) is 74.7 cm³/mol. The lowest BCUT2D eigenvalue weighted by Gasteiger charge is -2.23. The van der Waals surface area contributed by atoms with Crippen molar-refractivity contribution in [3.8, 4) is 0 Å². The number of carbonyl (C=O) groups is 2. The van der Waals surface area contributed by atoms with Gasteiger partial charge in [0.1, 0.15) is 5.41 Å². The summed E-state index contributed by atoms with van der Waals surface area (Å²) in [6, 6.07) is 9.35. The van der Waals surface area contributed by atoms with Gasteiger partial charge in [0.25, 0.3) is 0 Å². The Balaban J connectivity index is 2.11. The highest BCUT2D eigenvalue weighted by Gasteiger charge is 2.57. The number of hydrogen-bond donors (Lipinski definition) is 1. The van der Waals surface area contributed by atoms with Gasteiger partial charge in [-0.15, -0.1) is 6.58 Å². The lowest BCUT2D eigenvalue weighted by Crippen LogP contribution is -2.44. The van der Waals surface area contributed by atoms with E-state index in [2.05, 4.69) is 11.9 Å². The Kier molecular flexibility index (Phi) is 3.69. The average molecular weight is 258 g/mol. The van der Waals surface area contributed by atoms with Gasteiger partial charge >= 0.3 is 0 Å². The lowest BCUT2D eigenvalue weighted by atomic mass is 10.0. The normalized spacial score (nSPS) is 15.4. The van der Waals surface area contributed by atoms with Crippen LogP contribution in [0.15, 0.2) is 43.0 Å². The maximum absolute atomic E-state index is 12.5. The Morgan fingerprint density at radius 1 is 1.37 bits per heavy atom. The van der Waals surface area contributed by atoms with Gasteiger partial charge in [0.05, 0.1) is 0 Å². The Morgan fingerprint density at radius 2 is 2.00 bits per heavy atom. The zero-order valence-electron chi connectivity index (χ0n) is 11.1. The van der Waals surface area contributed by atoms with Gasteiger partial charge in [-0.2, -0.15) is 0 Å². The third-order valence-electron chi connectivity index (χ3n) is 3.45. The monoisotopic (exact) mass is 258 g/mol. The van der Waals surface area contributed by atoms with Gasteiger partial charge in [-0.05, 0) is 25.0 Å². The molecule has 4 nitrogen and oxygen atoms in total. The molecule has 1 fully saturated rings. The molecule has 0 atom stereocenters. The van der Waals surface area contributed by atoms with Crippen LogP contribution in [0.2, 0.25) is 0 Å². The van der Waals surface area contributed by atoms with Crippen molar-refractivity contribution in [3.63, 3.8) is 0 Å². The van der Waals surface area contributed by atoms with Gasteiger partial charge in [-0.3, -0.25) is 9.59 Å². The molecule has 0 aliphatic heterocycles. The van der Waals surface area contributed by atoms with Gasteiger partial charge in [-0.25, -0.2) is 0 Å². The van der Waals surface area contributed by atoms with Crippen LogP contribution < -0.4 is 10.2 Å². The van der Waals surface area contributed by atoms with E-state index in [9.17, 15) is 9.59 Å². The third kappa shape index (κ3) is 2.52. The maximum Gasteiger partial charge on any atom is 0.242 e. The fraction of sp³-hybridized carbons (Fsp3) is 0.333. The van der Waals surface area contributed by atoms with E-state index in [4.69, 9.17) is 0 Å². The molecule has 0 unspecified atom stereocenters. The average Bonchev–Trinajstić information content (AvgIpc) is 3.25. The van der Waals surface area contributed by atoms with Crippen LogP contribution in [-0.4, -0.2) is 25.4 Å². The van der Waals surface area contributed by atoms with Crippen molar-refractivity contribution in [1.29, 1.82) is 0 Å². The highest BCUT2D eigenvalue weighted by molar-refractivity contribution is 6.13. The van der Waals surface area contributed by atoms with E-state index in [1.54, 1.807) is 18.0 Å². The lowest BCUT2D eigenvalue weighted by molar-refractivity contribution is -0.135. The third-order valence-corrected chi connectivity index (χ3v) is 3.45. The van der Waals surface area contributed by atoms with Crippen molar-refractivity contribution in [2.24, 2.45) is 5.41 Å². The number of amides is 2. The molecule has 2 rings (SSSR count). The molecular weight excluding hydrogens is 240 g/mol. The van der Waals surface area contributed by atoms with Gasteiger partial charge in [0, 0.05) is 19.3 Å². The van der Waals surface area contributed by atoms with Crippen LogP contribution in [0.5, 0.6) is 0 Å². The van der Waals surface area contributed by atoms with Crippen LogP contribution in [0, 0.1) is 5.41 Å². The molecule has 1 aliphatic rings. The minimum absolute atomic E-state index is 0.139. The minimum Gasteiger partial charge on any atom is -0.352 e. The SMILES string of the molecule is C=CCNC(=O)C1(C(=O)N(C)c2ccccc2)CC1. The summed E-state index contributed by atoms with van der Waals surface area (Å²) in [4.78, 5) is 26.1. The second-order valence-electron chi connectivity index (χ2n) is 4.78. The number of rotatable bonds is 5. The minimum atomic E-state index is -0.867. The Bertz CT molecular complexity index is 492. The van der Waals surface area contributed by atoms with Crippen LogP contribution in [0.1, 0.15) is 12.8 Å². The molecular formula is C15H18N2O2. The number of benzene rings is 1. The summed E-state index contributed by atoms with van der Waals surface area (Å²) in [6.45, 7) is 3.94. The number of nitrogens with one attached hydrogen (secondary N) is 1. The molecule has 1 N–H and O–H groups in total. The van der Waals surface area contributed by atoms with E-state index in [0.717, 1.165) is 5.69 Å². The van der Waals surface area contributed by atoms with Crippen LogP contribution in [0.4, 0.5) is 5.69 Å². The van der Waals surface area contributed by atoms with E-state index in [0.29, 0.717) is 19.4 Å². The summed E-state index contributed by atoms with van der Waals surface area (Å²) >= 11 is 0. The number of carbonyl (C=O) groups excluding carboxylic acids is 2. The van der Waals surface area contributed by atoms with E-state index in [1.807, 2.05) is 30.3 Å². The second kappa shape index (κ2) is 5.26. The van der Waals surface area contributed by atoms with E-state index >= 15 is 0 Å². The highest BCUT2D eigenvalue weighted by Crippen LogP contribution is 2.47. The smallest absolute Gasteiger partial charge is 0.242 e. The first-order valence-electron chi connectivity index (χ1n) is 6.34. The molecule has 19 heavy (non-hydrogen) atoms. The van der Waals surface area contributed by atoms with Gasteiger partial charge in [-0.1, -0.05) is 24.3 Å². The van der Waals surface area contributed by atoms with Crippen molar-refractivity contribution < 1.29 is 9.59 Å². The molecule has 0 aromatic heterocycles. The Hall–Kier alpha value is -2.10. The predicted octanol–water partition coefficient (Wildman–Crippen LogP) is 1.73. The summed E-state index contributed by atoms with van der Waals surface area (Å²) in [5, 5.41) is 2.72. The molecule has 1 aliphatic carbocycles. The molecule has 2 amide bonds. The van der Waals surface area contributed by atoms with Crippen LogP contribution in [0.3, 0.4) is 0 Å². The maximum atomic E-state index is 12.5. The van der Waals surface area contributed by atoms with Gasteiger partial charge in [0.15, 0.2) is 0 Å². The van der Waals surface area contributed by atoms with E-state index in [1.165, 1.54) is 0 Å². The molecule has 0 heterocycles. The van der Waals surface area contributed by atoms with Crippen LogP contribution in [-0.2, 0) is 9.59 Å². The quantitative estimate of drug-likeness (QED) is 0.646. The Labute approximate surface area is 113 Å². The van der Waals surface area contributed by atoms with Crippen molar-refractivity contribution in [3.05, 3.63) is 43.0 Å². The fourth-order valence-electron chi connectivity index (χ4n) is 2.09. The van der Waals surface area contributed by atoms with Crippen molar-refractivity contribution in [2.75, 3.05) is 18.5 Å². The van der Waals surface area contributed by atoms with Crippen LogP contribution >= 0.6 is 0 Å². The van der Waals surface area contributed by atoms with Gasteiger partial charge < -0.3 is 10.2 Å². The first-order chi connectivity index (χ1) is 9.12. The van der Waals surface area contributed by atoms with E-state index in [-0.39, 0.29) is 11.8 Å². The first-order valence-corrected chi connectivity index (χ1v) is 6.34. The molecule has 1 aromatic rings. The van der Waals surface area contributed by atoms with Gasteiger partial charge in [0.2, 0.25) is 11.8 Å². The Morgan fingerprint density at radius 3 is 2.53 bits per heavy atom. The summed E-state index contributed by atoms with van der Waals surface area (Å²) in [6.07, 6.45) is 2.84. The summed E-state index contributed by atoms with van der Waals surface area (Å²) in [5.74, 6) is -0.333. The summed E-state index contributed by atoms with van der Waals surface area (Å²) < 4.78 is 0. The van der Waals surface area contributed by atoms with E-state index < -0.39 is 5.41 Å². The second-order valence-corrected chi connectivity index (χ2v) is 4.78. The molecule has 0 spiro atoms. The fourth-order valence-corrected chi connectivity index (χ4v) is 2.09. The zero-order valence-corrected chi connectivity index (χ0v) is 11.1. The summed E-state index contributed by atoms with van der Waals surface area (Å²) in [7, 11) is 1.71. The molecule has 0 saturated heterocycles. The highest BCUT2D eigenvalue weighted by atomic mass is 16.2. The molecule has 0 bridgehead atoms. The number of hydrogen-bond acceptors (Lipinski definition) is 2. The molecule has 0 radical (unpaired) electrons. The number of nitrogens with zero attached hydrogens (tertiary/aromatic N) is 1. The van der Waals surface area contributed by atoms with Crippen molar-refractivity contribution in [2.45, 2.75) is 12.8 Å². The van der Waals surface area contributed by atoms with Crippen molar-refractivity contribution >= 4 is 17.5 Å². The topological polar surface area (TPSA) is 49.4 Å². The van der Waals surface area contributed by atoms with Crippen molar-refractivity contribution in [1.82, 2.24) is 5.32 Å². The molecule has 1 aromatic carbocycles. The first kappa shape index (κ1) is 13.3.